The average Bonchev–Trinajstić information content (AvgIpc) is 2.22. The molecule has 0 aliphatic rings. The highest BCUT2D eigenvalue weighted by atomic mass is 127. The molecule has 0 N–H and O–H groups in total. The van der Waals surface area contributed by atoms with Gasteiger partial charge in [0.15, 0.2) is 16.4 Å². The van der Waals surface area contributed by atoms with E-state index in [0.29, 0.717) is 0 Å². The minimum absolute atomic E-state index is 0.145. The summed E-state index contributed by atoms with van der Waals surface area (Å²) in [4.78, 5) is 32.1. The number of carbonyl (C=O) groups excluding carboxylic acids is 3. The summed E-state index contributed by atoms with van der Waals surface area (Å²) in [6.45, 7) is 3.76. The Hall–Kier alpha value is -0.930. The van der Waals surface area contributed by atoms with Gasteiger partial charge in [-0.1, -0.05) is 0 Å². The van der Waals surface area contributed by atoms with Crippen molar-refractivity contribution in [1.29, 1.82) is 0 Å². The molecule has 1 unspecified atom stereocenters. The molecule has 0 rings (SSSR count). The van der Waals surface area contributed by atoms with Gasteiger partial charge < -0.3 is 14.2 Å². The SMILES string of the molecule is CC(=O)O[C@@H]([C@H](C)OC=O)[C@@H](OC(C)=O)C(F)I. The van der Waals surface area contributed by atoms with Crippen molar-refractivity contribution in [1.82, 2.24) is 0 Å². The van der Waals surface area contributed by atoms with E-state index in [1.54, 1.807) is 0 Å². The highest BCUT2D eigenvalue weighted by molar-refractivity contribution is 14.1. The molecule has 0 spiro atoms. The van der Waals surface area contributed by atoms with Gasteiger partial charge in [-0.05, 0) is 29.5 Å². The molecule has 0 amide bonds. The number of esters is 2. The maximum absolute atomic E-state index is 13.4. The van der Waals surface area contributed by atoms with Crippen LogP contribution in [0, 0.1) is 0 Å². The van der Waals surface area contributed by atoms with E-state index in [1.165, 1.54) is 29.5 Å². The molecule has 18 heavy (non-hydrogen) atoms. The Balaban J connectivity index is 5.00. The van der Waals surface area contributed by atoms with E-state index in [1.807, 2.05) is 0 Å². The molecule has 8 heteroatoms. The molecule has 0 aliphatic heterocycles. The van der Waals surface area contributed by atoms with Gasteiger partial charge in [0.25, 0.3) is 6.47 Å². The van der Waals surface area contributed by atoms with Crippen molar-refractivity contribution < 1.29 is 33.0 Å². The highest BCUT2D eigenvalue weighted by Crippen LogP contribution is 2.21. The molecule has 0 radical (unpaired) electrons. The zero-order valence-electron chi connectivity index (χ0n) is 10.1. The van der Waals surface area contributed by atoms with Crippen LogP contribution in [0.25, 0.3) is 0 Å². The number of hydrogen-bond donors (Lipinski definition) is 0. The molecular weight excluding hydrogens is 362 g/mol. The van der Waals surface area contributed by atoms with Gasteiger partial charge >= 0.3 is 11.9 Å². The monoisotopic (exact) mass is 376 g/mol. The smallest absolute Gasteiger partial charge is 0.303 e. The second kappa shape index (κ2) is 8.22. The van der Waals surface area contributed by atoms with E-state index in [2.05, 4.69) is 4.74 Å². The summed E-state index contributed by atoms with van der Waals surface area (Å²) in [6.07, 6.45) is -3.49. The Morgan fingerprint density at radius 3 is 1.94 bits per heavy atom. The van der Waals surface area contributed by atoms with Gasteiger partial charge in [-0.2, -0.15) is 0 Å². The third-order valence-corrected chi connectivity index (χ3v) is 2.62. The van der Waals surface area contributed by atoms with E-state index in [4.69, 9.17) is 9.47 Å². The fraction of sp³-hybridized carbons (Fsp3) is 0.700. The quantitative estimate of drug-likeness (QED) is 0.218. The van der Waals surface area contributed by atoms with Gasteiger partial charge in [-0.25, -0.2) is 4.39 Å². The molecule has 0 saturated carbocycles. The van der Waals surface area contributed by atoms with Gasteiger partial charge in [-0.3, -0.25) is 14.4 Å². The summed E-state index contributed by atoms with van der Waals surface area (Å²) >= 11 is 1.38. The number of alkyl halides is 2. The third-order valence-electron chi connectivity index (χ3n) is 1.91. The normalized spacial score (nSPS) is 16.9. The van der Waals surface area contributed by atoms with Crippen molar-refractivity contribution in [2.24, 2.45) is 0 Å². The Morgan fingerprint density at radius 1 is 1.17 bits per heavy atom. The molecule has 4 atom stereocenters. The number of hydrogen-bond acceptors (Lipinski definition) is 6. The van der Waals surface area contributed by atoms with Crippen LogP contribution in [0.5, 0.6) is 0 Å². The van der Waals surface area contributed by atoms with Crippen molar-refractivity contribution >= 4 is 41.0 Å². The zero-order valence-corrected chi connectivity index (χ0v) is 12.2. The minimum atomic E-state index is -1.62. The molecule has 0 aromatic carbocycles. The lowest BCUT2D eigenvalue weighted by molar-refractivity contribution is -0.180. The maximum atomic E-state index is 13.4. The van der Waals surface area contributed by atoms with Crippen LogP contribution in [0.3, 0.4) is 0 Å². The van der Waals surface area contributed by atoms with Crippen LogP contribution in [0.15, 0.2) is 0 Å². The van der Waals surface area contributed by atoms with Crippen molar-refractivity contribution in [3.8, 4) is 0 Å². The molecular formula is C10H14FIO6. The van der Waals surface area contributed by atoms with Gasteiger partial charge in [0.05, 0.1) is 0 Å². The zero-order chi connectivity index (χ0) is 14.3. The van der Waals surface area contributed by atoms with E-state index in [0.717, 1.165) is 13.8 Å². The fourth-order valence-electron chi connectivity index (χ4n) is 1.24. The number of halogens is 2. The molecule has 0 aromatic heterocycles. The second-order valence-electron chi connectivity index (χ2n) is 3.42. The van der Waals surface area contributed by atoms with Crippen LogP contribution in [0.1, 0.15) is 20.8 Å². The Labute approximate surface area is 117 Å². The summed E-state index contributed by atoms with van der Waals surface area (Å²) in [7, 11) is 0. The lowest BCUT2D eigenvalue weighted by Gasteiger charge is -2.29. The minimum Gasteiger partial charge on any atom is -0.461 e. The van der Waals surface area contributed by atoms with Gasteiger partial charge in [0.2, 0.25) is 0 Å². The van der Waals surface area contributed by atoms with E-state index >= 15 is 0 Å². The van der Waals surface area contributed by atoms with E-state index in [-0.39, 0.29) is 6.47 Å². The van der Waals surface area contributed by atoms with E-state index < -0.39 is 34.4 Å². The summed E-state index contributed by atoms with van der Waals surface area (Å²) in [5.74, 6) is -1.43. The largest absolute Gasteiger partial charge is 0.461 e. The first-order valence-corrected chi connectivity index (χ1v) is 6.25. The van der Waals surface area contributed by atoms with Crippen LogP contribution >= 0.6 is 22.6 Å². The van der Waals surface area contributed by atoms with Gasteiger partial charge in [-0.15, -0.1) is 0 Å². The first-order valence-electron chi connectivity index (χ1n) is 5.01. The molecule has 0 aliphatic carbocycles. The van der Waals surface area contributed by atoms with Crippen LogP contribution in [-0.2, 0) is 28.6 Å². The highest BCUT2D eigenvalue weighted by Gasteiger charge is 2.38. The lowest BCUT2D eigenvalue weighted by atomic mass is 10.1. The van der Waals surface area contributed by atoms with E-state index in [9.17, 15) is 18.8 Å². The van der Waals surface area contributed by atoms with Gasteiger partial charge in [0.1, 0.15) is 6.10 Å². The van der Waals surface area contributed by atoms with Crippen LogP contribution < -0.4 is 0 Å². The van der Waals surface area contributed by atoms with Crippen molar-refractivity contribution in [2.45, 2.75) is 43.3 Å². The molecule has 0 bridgehead atoms. The Kier molecular flexibility index (Phi) is 7.80. The molecule has 104 valence electrons. The van der Waals surface area contributed by atoms with Gasteiger partial charge in [0, 0.05) is 13.8 Å². The Morgan fingerprint density at radius 2 is 1.61 bits per heavy atom. The van der Waals surface area contributed by atoms with Crippen LogP contribution in [-0.4, -0.2) is 40.9 Å². The molecule has 0 fully saturated rings. The molecule has 6 nitrogen and oxygen atoms in total. The molecule has 0 aromatic rings. The molecule has 0 heterocycles. The first kappa shape index (κ1) is 17.1. The number of ether oxygens (including phenoxy) is 3. The summed E-state index contributed by atoms with van der Waals surface area (Å²) in [5, 5.41) is 0. The fourth-order valence-corrected chi connectivity index (χ4v) is 1.80. The summed E-state index contributed by atoms with van der Waals surface area (Å²) in [5.41, 5.74) is 0. The Bertz CT molecular complexity index is 309. The predicted octanol–water partition coefficient (Wildman–Crippen LogP) is 1.14. The average molecular weight is 376 g/mol. The predicted molar refractivity (Wildman–Crippen MR) is 66.6 cm³/mol. The molecule has 0 saturated heterocycles. The third kappa shape index (κ3) is 6.12. The summed E-state index contributed by atoms with van der Waals surface area (Å²) < 4.78 is 26.0. The summed E-state index contributed by atoms with van der Waals surface area (Å²) in [6, 6.07) is 0. The van der Waals surface area contributed by atoms with Crippen molar-refractivity contribution in [3.63, 3.8) is 0 Å². The van der Waals surface area contributed by atoms with Crippen LogP contribution in [0.2, 0.25) is 0 Å². The van der Waals surface area contributed by atoms with Crippen LogP contribution in [0.4, 0.5) is 4.39 Å². The second-order valence-corrected chi connectivity index (χ2v) is 4.61. The standard InChI is InChI=1S/C10H14FIO6/c1-5(16-4-13)8(17-6(2)14)9(10(11)12)18-7(3)15/h4-5,8-10H,1-3H3/t5-,8-,9+,10?/m0/s1. The number of carbonyl (C=O) groups is 3. The van der Waals surface area contributed by atoms with Crippen molar-refractivity contribution in [3.05, 3.63) is 0 Å². The topological polar surface area (TPSA) is 78.9 Å². The number of rotatable bonds is 7. The lowest BCUT2D eigenvalue weighted by Crippen LogP contribution is -2.46. The first-order chi connectivity index (χ1) is 8.29. The maximum Gasteiger partial charge on any atom is 0.303 e. The van der Waals surface area contributed by atoms with Crippen molar-refractivity contribution in [2.75, 3.05) is 0 Å².